The number of halogens is 1. The van der Waals surface area contributed by atoms with Gasteiger partial charge in [-0.15, -0.1) is 0 Å². The summed E-state index contributed by atoms with van der Waals surface area (Å²) < 4.78 is 16.1. The number of aromatic nitrogens is 4. The smallest absolute Gasteiger partial charge is 0.140 e. The molecule has 0 aliphatic heterocycles. The van der Waals surface area contributed by atoms with Gasteiger partial charge in [-0.1, -0.05) is 18.2 Å². The average molecular weight is 344 g/mol. The first-order valence-corrected chi connectivity index (χ1v) is 8.79. The van der Waals surface area contributed by atoms with E-state index in [-0.39, 0.29) is 5.82 Å². The molecule has 3 heterocycles. The molecule has 0 radical (unpaired) electrons. The Balaban J connectivity index is 1.59. The van der Waals surface area contributed by atoms with Gasteiger partial charge in [0, 0.05) is 52.8 Å². The van der Waals surface area contributed by atoms with Crippen LogP contribution in [0.25, 0.3) is 22.2 Å². The van der Waals surface area contributed by atoms with Crippen LogP contribution >= 0.6 is 0 Å². The molecule has 5 rings (SSSR count). The molecule has 0 atom stereocenters. The van der Waals surface area contributed by atoms with E-state index < -0.39 is 0 Å². The van der Waals surface area contributed by atoms with E-state index in [1.165, 1.54) is 18.9 Å². The monoisotopic (exact) mass is 344 g/mol. The molecule has 0 bridgehead atoms. The maximum absolute atomic E-state index is 14.1. The summed E-state index contributed by atoms with van der Waals surface area (Å²) in [6.45, 7) is 0.432. The van der Waals surface area contributed by atoms with Gasteiger partial charge in [0.15, 0.2) is 0 Å². The van der Waals surface area contributed by atoms with Gasteiger partial charge in [-0.2, -0.15) is 0 Å². The van der Waals surface area contributed by atoms with Crippen LogP contribution in [0.5, 0.6) is 0 Å². The summed E-state index contributed by atoms with van der Waals surface area (Å²) in [5, 5.41) is 1.02. The Morgan fingerprint density at radius 2 is 1.81 bits per heavy atom. The van der Waals surface area contributed by atoms with Crippen LogP contribution in [0.1, 0.15) is 30.1 Å². The van der Waals surface area contributed by atoms with Crippen molar-refractivity contribution in [1.29, 1.82) is 0 Å². The molecule has 1 saturated carbocycles. The highest BCUT2D eigenvalue weighted by Gasteiger charge is 2.26. The van der Waals surface area contributed by atoms with Gasteiger partial charge in [0.05, 0.1) is 6.54 Å². The highest BCUT2D eigenvalue weighted by Crippen LogP contribution is 2.38. The third-order valence-corrected chi connectivity index (χ3v) is 4.86. The SMILES string of the molecule is Fc1ccccc1Cn1cc(-c2cnc(C3CC3)nc2)c2cccnc21. The fraction of sp³-hybridized carbons (Fsp3) is 0.190. The van der Waals surface area contributed by atoms with Gasteiger partial charge < -0.3 is 4.57 Å². The van der Waals surface area contributed by atoms with E-state index in [0.717, 1.165) is 28.0 Å². The van der Waals surface area contributed by atoms with E-state index in [9.17, 15) is 4.39 Å². The van der Waals surface area contributed by atoms with Crippen molar-refractivity contribution in [1.82, 2.24) is 19.5 Å². The van der Waals surface area contributed by atoms with E-state index in [2.05, 4.69) is 15.0 Å². The maximum atomic E-state index is 14.1. The van der Waals surface area contributed by atoms with Crippen LogP contribution in [0.15, 0.2) is 61.2 Å². The number of hydrogen-bond donors (Lipinski definition) is 0. The van der Waals surface area contributed by atoms with Gasteiger partial charge in [0.25, 0.3) is 0 Å². The topological polar surface area (TPSA) is 43.6 Å². The zero-order valence-corrected chi connectivity index (χ0v) is 14.1. The normalized spacial score (nSPS) is 14.0. The van der Waals surface area contributed by atoms with Crippen molar-refractivity contribution in [2.75, 3.05) is 0 Å². The predicted molar refractivity (Wildman–Crippen MR) is 98.2 cm³/mol. The number of fused-ring (bicyclic) bond motifs is 1. The number of rotatable bonds is 4. The summed E-state index contributed by atoms with van der Waals surface area (Å²) in [6, 6.07) is 10.8. The standard InChI is InChI=1S/C21H17FN4/c22-19-6-2-1-4-15(19)12-26-13-18(17-5-3-9-23-21(17)26)16-10-24-20(25-11-16)14-7-8-14/h1-6,9-11,13-14H,7-8,12H2. The van der Waals surface area contributed by atoms with E-state index >= 15 is 0 Å². The summed E-state index contributed by atoms with van der Waals surface area (Å²) in [5.41, 5.74) is 3.45. The minimum atomic E-state index is -0.205. The highest BCUT2D eigenvalue weighted by molar-refractivity contribution is 5.93. The van der Waals surface area contributed by atoms with Crippen LogP contribution in [-0.2, 0) is 6.54 Å². The second kappa shape index (κ2) is 6.02. The number of pyridine rings is 1. The van der Waals surface area contributed by atoms with Gasteiger partial charge in [-0.05, 0) is 31.0 Å². The van der Waals surface area contributed by atoms with Gasteiger partial charge >= 0.3 is 0 Å². The molecule has 128 valence electrons. The quantitative estimate of drug-likeness (QED) is 0.545. The molecular formula is C21H17FN4. The zero-order chi connectivity index (χ0) is 17.5. The van der Waals surface area contributed by atoms with Crippen molar-refractivity contribution < 1.29 is 4.39 Å². The van der Waals surface area contributed by atoms with Gasteiger partial charge in [0.1, 0.15) is 17.3 Å². The van der Waals surface area contributed by atoms with Gasteiger partial charge in [0.2, 0.25) is 0 Å². The molecule has 0 unspecified atom stereocenters. The van der Waals surface area contributed by atoms with Gasteiger partial charge in [-0.25, -0.2) is 19.3 Å². The van der Waals surface area contributed by atoms with Crippen LogP contribution in [0.4, 0.5) is 4.39 Å². The molecule has 1 aromatic carbocycles. The van der Waals surface area contributed by atoms with Crippen LogP contribution < -0.4 is 0 Å². The van der Waals surface area contributed by atoms with Crippen molar-refractivity contribution in [3.05, 3.63) is 78.4 Å². The Bertz CT molecular complexity index is 1080. The third kappa shape index (κ3) is 2.65. The largest absolute Gasteiger partial charge is 0.327 e. The van der Waals surface area contributed by atoms with Crippen molar-refractivity contribution in [3.8, 4) is 11.1 Å². The summed E-state index contributed by atoms with van der Waals surface area (Å²) in [4.78, 5) is 13.6. The Morgan fingerprint density at radius 3 is 2.58 bits per heavy atom. The molecule has 0 spiro atoms. The fourth-order valence-corrected chi connectivity index (χ4v) is 3.31. The number of benzene rings is 1. The first-order chi connectivity index (χ1) is 12.8. The second-order valence-electron chi connectivity index (χ2n) is 6.74. The zero-order valence-electron chi connectivity index (χ0n) is 14.1. The lowest BCUT2D eigenvalue weighted by Crippen LogP contribution is -2.01. The van der Waals surface area contributed by atoms with E-state index in [4.69, 9.17) is 0 Å². The summed E-state index contributed by atoms with van der Waals surface area (Å²) in [7, 11) is 0. The van der Waals surface area contributed by atoms with Crippen LogP contribution in [0.3, 0.4) is 0 Å². The average Bonchev–Trinajstić information content (AvgIpc) is 3.47. The molecule has 1 fully saturated rings. The minimum absolute atomic E-state index is 0.205. The van der Waals surface area contributed by atoms with E-state index in [0.29, 0.717) is 18.0 Å². The van der Waals surface area contributed by atoms with Crippen LogP contribution in [0, 0.1) is 5.82 Å². The Morgan fingerprint density at radius 1 is 1.00 bits per heavy atom. The second-order valence-corrected chi connectivity index (χ2v) is 6.74. The van der Waals surface area contributed by atoms with Crippen molar-refractivity contribution >= 4 is 11.0 Å². The van der Waals surface area contributed by atoms with E-state index in [1.54, 1.807) is 18.3 Å². The van der Waals surface area contributed by atoms with Gasteiger partial charge in [-0.3, -0.25) is 0 Å². The number of nitrogens with zero attached hydrogens (tertiary/aromatic N) is 4. The molecule has 26 heavy (non-hydrogen) atoms. The first kappa shape index (κ1) is 15.2. The Labute approximate surface area is 150 Å². The summed E-state index contributed by atoms with van der Waals surface area (Å²) >= 11 is 0. The summed E-state index contributed by atoms with van der Waals surface area (Å²) in [6.07, 6.45) is 9.92. The molecule has 1 aliphatic rings. The van der Waals surface area contributed by atoms with Crippen LogP contribution in [0.2, 0.25) is 0 Å². The third-order valence-electron chi connectivity index (χ3n) is 4.86. The lowest BCUT2D eigenvalue weighted by atomic mass is 10.1. The minimum Gasteiger partial charge on any atom is -0.327 e. The molecule has 0 saturated heterocycles. The molecular weight excluding hydrogens is 327 g/mol. The summed E-state index contributed by atoms with van der Waals surface area (Å²) in [5.74, 6) is 1.26. The highest BCUT2D eigenvalue weighted by atomic mass is 19.1. The molecule has 4 aromatic rings. The fourth-order valence-electron chi connectivity index (χ4n) is 3.31. The predicted octanol–water partition coefficient (Wildman–Crippen LogP) is 4.56. The molecule has 1 aliphatic carbocycles. The van der Waals surface area contributed by atoms with Crippen molar-refractivity contribution in [2.45, 2.75) is 25.3 Å². The lowest BCUT2D eigenvalue weighted by Gasteiger charge is -2.05. The first-order valence-electron chi connectivity index (χ1n) is 8.79. The van der Waals surface area contributed by atoms with Crippen molar-refractivity contribution in [2.24, 2.45) is 0 Å². The molecule has 4 nitrogen and oxygen atoms in total. The molecule has 0 N–H and O–H groups in total. The number of hydrogen-bond acceptors (Lipinski definition) is 3. The van der Waals surface area contributed by atoms with E-state index in [1.807, 2.05) is 41.4 Å². The maximum Gasteiger partial charge on any atom is 0.140 e. The van der Waals surface area contributed by atoms with Crippen molar-refractivity contribution in [3.63, 3.8) is 0 Å². The molecule has 0 amide bonds. The molecule has 3 aromatic heterocycles. The molecule has 5 heteroatoms. The Kier molecular flexibility index (Phi) is 3.52. The van der Waals surface area contributed by atoms with Crippen LogP contribution in [-0.4, -0.2) is 19.5 Å². The lowest BCUT2D eigenvalue weighted by molar-refractivity contribution is 0.601. The Hall–Kier alpha value is -3.08.